The number of hydrogen-bond acceptors (Lipinski definition) is 4. The number of ketones is 1. The van der Waals surface area contributed by atoms with Crippen LogP contribution in [0.25, 0.3) is 0 Å². The number of carbonyl (C=O) groups is 1. The molecule has 0 bridgehead atoms. The SMILES string of the molecule is Cc1ccc(C(=O)c2ccccc2)c([N+](=O)[O-])c1S. The molecule has 0 aliphatic rings. The standard InChI is InChI=1S/C14H11NO3S/c1-9-7-8-11(12(14(9)19)15(17)18)13(16)10-5-3-2-4-6-10/h2-8,19H,1H3. The van der Waals surface area contributed by atoms with Crippen molar-refractivity contribution < 1.29 is 9.72 Å². The van der Waals surface area contributed by atoms with E-state index in [0.29, 0.717) is 11.1 Å². The molecule has 2 aromatic rings. The van der Waals surface area contributed by atoms with Gasteiger partial charge in [-0.2, -0.15) is 0 Å². The molecule has 0 radical (unpaired) electrons. The molecule has 0 aliphatic carbocycles. The average molecular weight is 273 g/mol. The van der Waals surface area contributed by atoms with Gasteiger partial charge in [0.15, 0.2) is 5.78 Å². The lowest BCUT2D eigenvalue weighted by molar-refractivity contribution is -0.388. The zero-order valence-corrected chi connectivity index (χ0v) is 11.1. The number of nitro benzene ring substituents is 1. The third-order valence-electron chi connectivity index (χ3n) is 2.82. The molecule has 96 valence electrons. The molecule has 0 N–H and O–H groups in total. The quantitative estimate of drug-likeness (QED) is 0.403. The summed E-state index contributed by atoms with van der Waals surface area (Å²) in [5.41, 5.74) is 0.908. The molecule has 2 aromatic carbocycles. The largest absolute Gasteiger partial charge is 0.294 e. The van der Waals surface area contributed by atoms with Crippen molar-refractivity contribution in [2.75, 3.05) is 0 Å². The van der Waals surface area contributed by atoms with Gasteiger partial charge in [0, 0.05) is 5.56 Å². The Bertz CT molecular complexity index is 653. The van der Waals surface area contributed by atoms with E-state index in [1.54, 1.807) is 43.3 Å². The maximum Gasteiger partial charge on any atom is 0.294 e. The number of rotatable bonds is 3. The minimum absolute atomic E-state index is 0.0619. The Morgan fingerprint density at radius 1 is 1.16 bits per heavy atom. The summed E-state index contributed by atoms with van der Waals surface area (Å²) in [5, 5.41) is 11.1. The van der Waals surface area contributed by atoms with E-state index in [0.717, 1.165) is 0 Å². The van der Waals surface area contributed by atoms with Crippen LogP contribution in [0.5, 0.6) is 0 Å². The van der Waals surface area contributed by atoms with Crippen molar-refractivity contribution >= 4 is 24.1 Å². The topological polar surface area (TPSA) is 60.2 Å². The second-order valence-electron chi connectivity index (χ2n) is 4.08. The summed E-state index contributed by atoms with van der Waals surface area (Å²) in [6, 6.07) is 11.6. The summed E-state index contributed by atoms with van der Waals surface area (Å²) in [6.45, 7) is 1.71. The van der Waals surface area contributed by atoms with E-state index in [9.17, 15) is 14.9 Å². The third-order valence-corrected chi connectivity index (χ3v) is 3.38. The molecule has 0 amide bonds. The van der Waals surface area contributed by atoms with E-state index in [1.807, 2.05) is 0 Å². The Hall–Kier alpha value is -2.14. The number of benzene rings is 2. The zero-order chi connectivity index (χ0) is 14.0. The van der Waals surface area contributed by atoms with E-state index in [2.05, 4.69) is 12.6 Å². The van der Waals surface area contributed by atoms with Crippen molar-refractivity contribution in [3.8, 4) is 0 Å². The van der Waals surface area contributed by atoms with E-state index >= 15 is 0 Å². The Balaban J connectivity index is 2.61. The molecule has 0 unspecified atom stereocenters. The first-order valence-electron chi connectivity index (χ1n) is 5.59. The van der Waals surface area contributed by atoms with Crippen LogP contribution in [0.3, 0.4) is 0 Å². The van der Waals surface area contributed by atoms with Crippen molar-refractivity contribution in [2.24, 2.45) is 0 Å². The van der Waals surface area contributed by atoms with Crippen LogP contribution >= 0.6 is 12.6 Å². The molecule has 5 heteroatoms. The van der Waals surface area contributed by atoms with Gasteiger partial charge in [0.1, 0.15) is 5.56 Å². The highest BCUT2D eigenvalue weighted by atomic mass is 32.1. The van der Waals surface area contributed by atoms with Crippen LogP contribution in [0.15, 0.2) is 47.4 Å². The van der Waals surface area contributed by atoms with Gasteiger partial charge < -0.3 is 0 Å². The van der Waals surface area contributed by atoms with Gasteiger partial charge in [-0.05, 0) is 18.6 Å². The molecule has 0 atom stereocenters. The summed E-state index contributed by atoms with van der Waals surface area (Å²) in [5.74, 6) is -0.373. The Morgan fingerprint density at radius 2 is 1.79 bits per heavy atom. The number of nitro groups is 1. The van der Waals surface area contributed by atoms with Crippen molar-refractivity contribution in [3.05, 3.63) is 69.3 Å². The smallest absolute Gasteiger partial charge is 0.288 e. The lowest BCUT2D eigenvalue weighted by Gasteiger charge is -2.06. The molecule has 19 heavy (non-hydrogen) atoms. The molecular weight excluding hydrogens is 262 g/mol. The van der Waals surface area contributed by atoms with E-state index in [1.165, 1.54) is 6.07 Å². The summed E-state index contributed by atoms with van der Waals surface area (Å²) in [6.07, 6.45) is 0. The second-order valence-corrected chi connectivity index (χ2v) is 4.53. The van der Waals surface area contributed by atoms with Crippen molar-refractivity contribution in [1.29, 1.82) is 0 Å². The fourth-order valence-corrected chi connectivity index (χ4v) is 2.07. The first-order valence-corrected chi connectivity index (χ1v) is 6.04. The third kappa shape index (κ3) is 2.51. The zero-order valence-electron chi connectivity index (χ0n) is 10.2. The normalized spacial score (nSPS) is 10.2. The molecule has 0 saturated carbocycles. The lowest BCUT2D eigenvalue weighted by atomic mass is 10.0. The predicted molar refractivity (Wildman–Crippen MR) is 75.0 cm³/mol. The van der Waals surface area contributed by atoms with Gasteiger partial charge in [-0.25, -0.2) is 0 Å². The summed E-state index contributed by atoms with van der Waals surface area (Å²) in [7, 11) is 0. The Labute approximate surface area is 115 Å². The van der Waals surface area contributed by atoms with Crippen LogP contribution in [-0.4, -0.2) is 10.7 Å². The Morgan fingerprint density at radius 3 is 2.37 bits per heavy atom. The first kappa shape index (κ1) is 13.3. The molecule has 0 spiro atoms. The molecule has 4 nitrogen and oxygen atoms in total. The second kappa shape index (κ2) is 5.24. The summed E-state index contributed by atoms with van der Waals surface area (Å²) < 4.78 is 0. The van der Waals surface area contributed by atoms with Gasteiger partial charge in [0.2, 0.25) is 0 Å². The van der Waals surface area contributed by atoms with Gasteiger partial charge in [0.05, 0.1) is 9.82 Å². The van der Waals surface area contributed by atoms with Crippen LogP contribution in [0.2, 0.25) is 0 Å². The van der Waals surface area contributed by atoms with Crippen LogP contribution in [0.4, 0.5) is 5.69 Å². The van der Waals surface area contributed by atoms with E-state index in [-0.39, 0.29) is 21.9 Å². The summed E-state index contributed by atoms with van der Waals surface area (Å²) in [4.78, 5) is 23.1. The highest BCUT2D eigenvalue weighted by Gasteiger charge is 2.25. The monoisotopic (exact) mass is 273 g/mol. The average Bonchev–Trinajstić information content (AvgIpc) is 2.41. The highest BCUT2D eigenvalue weighted by Crippen LogP contribution is 2.31. The van der Waals surface area contributed by atoms with E-state index < -0.39 is 4.92 Å². The van der Waals surface area contributed by atoms with Gasteiger partial charge in [-0.3, -0.25) is 14.9 Å². The van der Waals surface area contributed by atoms with Gasteiger partial charge in [0.25, 0.3) is 5.69 Å². The van der Waals surface area contributed by atoms with Crippen LogP contribution < -0.4 is 0 Å². The van der Waals surface area contributed by atoms with Gasteiger partial charge >= 0.3 is 0 Å². The van der Waals surface area contributed by atoms with Crippen LogP contribution in [0, 0.1) is 17.0 Å². The number of hydrogen-bond donors (Lipinski definition) is 1. The maximum atomic E-state index is 12.3. The number of aryl methyl sites for hydroxylation is 1. The van der Waals surface area contributed by atoms with Crippen molar-refractivity contribution in [3.63, 3.8) is 0 Å². The van der Waals surface area contributed by atoms with Gasteiger partial charge in [-0.1, -0.05) is 36.4 Å². The van der Waals surface area contributed by atoms with Crippen LogP contribution in [0.1, 0.15) is 21.5 Å². The predicted octanol–water partition coefficient (Wildman–Crippen LogP) is 3.42. The van der Waals surface area contributed by atoms with Crippen molar-refractivity contribution in [2.45, 2.75) is 11.8 Å². The fourth-order valence-electron chi connectivity index (χ4n) is 1.79. The Kier molecular flexibility index (Phi) is 3.66. The minimum Gasteiger partial charge on any atom is -0.288 e. The fraction of sp³-hybridized carbons (Fsp3) is 0.0714. The molecule has 0 heterocycles. The molecule has 2 rings (SSSR count). The molecule has 0 saturated heterocycles. The molecule has 0 aromatic heterocycles. The number of thiol groups is 1. The minimum atomic E-state index is -0.564. The molecular formula is C14H11NO3S. The lowest BCUT2D eigenvalue weighted by Crippen LogP contribution is -2.06. The van der Waals surface area contributed by atoms with Crippen molar-refractivity contribution in [1.82, 2.24) is 0 Å². The molecule has 0 fully saturated rings. The summed E-state index contributed by atoms with van der Waals surface area (Å²) >= 11 is 4.13. The van der Waals surface area contributed by atoms with E-state index in [4.69, 9.17) is 0 Å². The molecule has 0 aliphatic heterocycles. The highest BCUT2D eigenvalue weighted by molar-refractivity contribution is 7.80. The maximum absolute atomic E-state index is 12.3. The van der Waals surface area contributed by atoms with Crippen LogP contribution in [-0.2, 0) is 0 Å². The number of carbonyl (C=O) groups excluding carboxylic acids is 1. The van der Waals surface area contributed by atoms with Gasteiger partial charge in [-0.15, -0.1) is 12.6 Å². The first-order chi connectivity index (χ1) is 9.02. The number of nitrogens with zero attached hydrogens (tertiary/aromatic N) is 1.